The molecule has 0 bridgehead atoms. The lowest BCUT2D eigenvalue weighted by Gasteiger charge is -2.10. The van der Waals surface area contributed by atoms with Crippen molar-refractivity contribution in [1.29, 1.82) is 0 Å². The minimum absolute atomic E-state index is 0.374. The van der Waals surface area contributed by atoms with E-state index in [2.05, 4.69) is 25.5 Å². The third-order valence-corrected chi connectivity index (χ3v) is 5.86. The topological polar surface area (TPSA) is 90.2 Å². The molecule has 1 N–H and O–H groups in total. The number of para-hydroxylation sites is 1. The van der Waals surface area contributed by atoms with Crippen molar-refractivity contribution in [3.8, 4) is 34.3 Å². The van der Waals surface area contributed by atoms with Gasteiger partial charge in [0.15, 0.2) is 5.01 Å². The zero-order valence-electron chi connectivity index (χ0n) is 17.3. The second-order valence-electron chi connectivity index (χ2n) is 7.12. The summed E-state index contributed by atoms with van der Waals surface area (Å²) in [4.78, 5) is 0.704. The lowest BCUT2D eigenvalue weighted by Crippen LogP contribution is -2.00. The fourth-order valence-corrected chi connectivity index (χ4v) is 4.14. The summed E-state index contributed by atoms with van der Waals surface area (Å²) in [5.74, 6) is 2.31. The molecule has 0 aliphatic heterocycles. The van der Waals surface area contributed by atoms with Gasteiger partial charge in [-0.05, 0) is 55.3 Å². The number of rotatable bonds is 6. The molecule has 3 heterocycles. The van der Waals surface area contributed by atoms with Crippen LogP contribution in [0.25, 0.3) is 27.7 Å². The maximum Gasteiger partial charge on any atom is 0.235 e. The number of H-pyrrole nitrogens is 1. The highest BCUT2D eigenvalue weighted by molar-refractivity contribution is 7.16. The Morgan fingerprint density at radius 2 is 1.81 bits per heavy atom. The maximum atomic E-state index is 6.03. The average Bonchev–Trinajstić information content (AvgIpc) is 3.49. The summed E-state index contributed by atoms with van der Waals surface area (Å²) < 4.78 is 13.0. The molecule has 0 fully saturated rings. The number of benzene rings is 2. The van der Waals surface area contributed by atoms with Crippen molar-refractivity contribution < 1.29 is 9.47 Å². The van der Waals surface area contributed by atoms with Crippen LogP contribution in [0.15, 0.2) is 48.5 Å². The summed E-state index contributed by atoms with van der Waals surface area (Å²) in [5, 5.41) is 21.5. The predicted molar refractivity (Wildman–Crippen MR) is 118 cm³/mol. The van der Waals surface area contributed by atoms with Gasteiger partial charge in [0, 0.05) is 5.56 Å². The van der Waals surface area contributed by atoms with Gasteiger partial charge >= 0.3 is 0 Å². The van der Waals surface area contributed by atoms with Gasteiger partial charge in [0.05, 0.1) is 12.8 Å². The van der Waals surface area contributed by atoms with Gasteiger partial charge in [0.25, 0.3) is 0 Å². The van der Waals surface area contributed by atoms with Crippen LogP contribution in [0.5, 0.6) is 11.5 Å². The van der Waals surface area contributed by atoms with E-state index >= 15 is 0 Å². The first-order valence-electron chi connectivity index (χ1n) is 9.72. The summed E-state index contributed by atoms with van der Waals surface area (Å²) in [7, 11) is 1.65. The average molecular weight is 433 g/mol. The highest BCUT2D eigenvalue weighted by Crippen LogP contribution is 2.27. The van der Waals surface area contributed by atoms with Crippen molar-refractivity contribution in [2.24, 2.45) is 0 Å². The molecule has 0 amide bonds. The number of nitrogens with zero attached hydrogens (tertiary/aromatic N) is 5. The number of hydrogen-bond acceptors (Lipinski definition) is 7. The first-order valence-corrected chi connectivity index (χ1v) is 10.5. The Labute approximate surface area is 182 Å². The molecule has 0 aliphatic rings. The molecule has 8 nitrogen and oxygen atoms in total. The fraction of sp³-hybridized carbons (Fsp3) is 0.182. The number of methoxy groups -OCH3 is 1. The van der Waals surface area contributed by atoms with Crippen molar-refractivity contribution >= 4 is 16.3 Å². The molecule has 156 valence electrons. The van der Waals surface area contributed by atoms with E-state index in [0.29, 0.717) is 17.4 Å². The second kappa shape index (κ2) is 7.84. The van der Waals surface area contributed by atoms with Crippen LogP contribution in [-0.4, -0.2) is 37.1 Å². The quantitative estimate of drug-likeness (QED) is 0.426. The lowest BCUT2D eigenvalue weighted by atomic mass is 10.1. The Morgan fingerprint density at radius 1 is 1.03 bits per heavy atom. The number of ether oxygens (including phenoxy) is 2. The molecule has 0 saturated carbocycles. The van der Waals surface area contributed by atoms with E-state index in [9.17, 15) is 0 Å². The first-order chi connectivity index (χ1) is 15.1. The Morgan fingerprint density at radius 3 is 2.55 bits per heavy atom. The Kier molecular flexibility index (Phi) is 4.87. The van der Waals surface area contributed by atoms with Crippen molar-refractivity contribution in [3.05, 3.63) is 64.7 Å². The van der Waals surface area contributed by atoms with Crippen LogP contribution in [0.2, 0.25) is 0 Å². The van der Waals surface area contributed by atoms with Gasteiger partial charge in [-0.2, -0.15) is 14.7 Å². The highest BCUT2D eigenvalue weighted by atomic mass is 32.1. The predicted octanol–water partition coefficient (Wildman–Crippen LogP) is 4.45. The van der Waals surface area contributed by atoms with Gasteiger partial charge in [-0.3, -0.25) is 5.10 Å². The Hall–Kier alpha value is -3.72. The number of fused-ring (bicyclic) bond motifs is 1. The van der Waals surface area contributed by atoms with Crippen molar-refractivity contribution in [1.82, 2.24) is 30.0 Å². The van der Waals surface area contributed by atoms with Crippen LogP contribution < -0.4 is 9.47 Å². The summed E-state index contributed by atoms with van der Waals surface area (Å²) in [6, 6.07) is 15.8. The number of hydrogen-bond donors (Lipinski definition) is 1. The van der Waals surface area contributed by atoms with E-state index in [1.165, 1.54) is 11.3 Å². The normalized spacial score (nSPS) is 11.2. The van der Waals surface area contributed by atoms with Gasteiger partial charge in [-0.25, -0.2) is 0 Å². The van der Waals surface area contributed by atoms with Crippen LogP contribution >= 0.6 is 11.3 Å². The van der Waals surface area contributed by atoms with E-state index in [-0.39, 0.29) is 0 Å². The molecule has 0 radical (unpaired) electrons. The largest absolute Gasteiger partial charge is 0.497 e. The van der Waals surface area contributed by atoms with Crippen molar-refractivity contribution in [3.63, 3.8) is 0 Å². The van der Waals surface area contributed by atoms with Crippen LogP contribution in [-0.2, 0) is 6.61 Å². The SMILES string of the molecule is COc1ccc(-c2cc(-c3nnc4sc(COc5c(C)cccc5C)nn34)[nH]n2)cc1. The monoisotopic (exact) mass is 432 g/mol. The standard InChI is InChI=1S/C22H20N6O2S/c1-13-5-4-6-14(2)20(13)30-12-19-27-28-21(25-26-22(28)31-19)18-11-17(23-24-18)15-7-9-16(29-3)10-8-15/h4-11H,12H2,1-3H3,(H,23,24). The van der Waals surface area contributed by atoms with Crippen LogP contribution in [0.4, 0.5) is 0 Å². The van der Waals surface area contributed by atoms with Gasteiger partial charge < -0.3 is 9.47 Å². The van der Waals surface area contributed by atoms with Crippen molar-refractivity contribution in [2.45, 2.75) is 20.5 Å². The summed E-state index contributed by atoms with van der Waals surface area (Å²) in [5.41, 5.74) is 4.73. The molecule has 0 spiro atoms. The first kappa shape index (κ1) is 19.3. The van der Waals surface area contributed by atoms with Gasteiger partial charge in [0.2, 0.25) is 10.8 Å². The molecule has 0 unspecified atom stereocenters. The van der Waals surface area contributed by atoms with E-state index in [1.54, 1.807) is 11.6 Å². The molecule has 0 atom stereocenters. The molecule has 5 rings (SSSR count). The van der Waals surface area contributed by atoms with E-state index in [0.717, 1.165) is 44.6 Å². The fourth-order valence-electron chi connectivity index (χ4n) is 3.39. The van der Waals surface area contributed by atoms with Crippen LogP contribution in [0, 0.1) is 13.8 Å². The van der Waals surface area contributed by atoms with Gasteiger partial charge in [0.1, 0.15) is 23.8 Å². The smallest absolute Gasteiger partial charge is 0.235 e. The van der Waals surface area contributed by atoms with Gasteiger partial charge in [-0.1, -0.05) is 29.5 Å². The number of aryl methyl sites for hydroxylation is 2. The van der Waals surface area contributed by atoms with Crippen LogP contribution in [0.3, 0.4) is 0 Å². The number of nitrogens with one attached hydrogen (secondary N) is 1. The molecule has 9 heteroatoms. The Balaban J connectivity index is 1.39. The van der Waals surface area contributed by atoms with E-state index in [4.69, 9.17) is 9.47 Å². The lowest BCUT2D eigenvalue weighted by molar-refractivity contribution is 0.300. The molecule has 31 heavy (non-hydrogen) atoms. The van der Waals surface area contributed by atoms with Crippen molar-refractivity contribution in [2.75, 3.05) is 7.11 Å². The number of aromatic amines is 1. The second-order valence-corrected chi connectivity index (χ2v) is 8.16. The minimum atomic E-state index is 0.374. The molecule has 5 aromatic rings. The third-order valence-electron chi connectivity index (χ3n) is 4.99. The summed E-state index contributed by atoms with van der Waals surface area (Å²) in [6.07, 6.45) is 0. The highest BCUT2D eigenvalue weighted by Gasteiger charge is 2.17. The Bertz CT molecular complexity index is 1330. The van der Waals surface area contributed by atoms with Gasteiger partial charge in [-0.15, -0.1) is 10.2 Å². The molecular weight excluding hydrogens is 412 g/mol. The summed E-state index contributed by atoms with van der Waals surface area (Å²) in [6.45, 7) is 4.45. The zero-order valence-corrected chi connectivity index (χ0v) is 18.1. The van der Waals surface area contributed by atoms with Crippen LogP contribution in [0.1, 0.15) is 16.1 Å². The summed E-state index contributed by atoms with van der Waals surface area (Å²) >= 11 is 1.46. The number of aromatic nitrogens is 6. The molecular formula is C22H20N6O2S. The molecule has 0 aliphatic carbocycles. The minimum Gasteiger partial charge on any atom is -0.497 e. The molecule has 3 aromatic heterocycles. The maximum absolute atomic E-state index is 6.03. The zero-order chi connectivity index (χ0) is 21.4. The molecule has 2 aromatic carbocycles. The third kappa shape index (κ3) is 3.64. The van der Waals surface area contributed by atoms with E-state index < -0.39 is 0 Å². The molecule has 0 saturated heterocycles. The van der Waals surface area contributed by atoms with E-state index in [1.807, 2.05) is 62.4 Å².